The Bertz CT molecular complexity index is 581. The van der Waals surface area contributed by atoms with Gasteiger partial charge in [0, 0.05) is 5.69 Å². The lowest BCUT2D eigenvalue weighted by molar-refractivity contribution is 0.102. The van der Waals surface area contributed by atoms with Crippen molar-refractivity contribution in [3.05, 3.63) is 53.6 Å². The van der Waals surface area contributed by atoms with Gasteiger partial charge in [0.2, 0.25) is 0 Å². The molecule has 4 nitrogen and oxygen atoms in total. The minimum Gasteiger partial charge on any atom is -0.397 e. The zero-order valence-electron chi connectivity index (χ0n) is 9.77. The van der Waals surface area contributed by atoms with Crippen LogP contribution in [0.3, 0.4) is 0 Å². The number of nitrogens with zero attached hydrogens (tertiary/aromatic N) is 1. The van der Waals surface area contributed by atoms with Gasteiger partial charge < -0.3 is 11.1 Å². The van der Waals surface area contributed by atoms with E-state index in [1.807, 2.05) is 0 Å². The predicted octanol–water partition coefficient (Wildman–Crippen LogP) is 2.36. The minimum absolute atomic E-state index is 0.230. The summed E-state index contributed by atoms with van der Waals surface area (Å²) in [5, 5.41) is 2.60. The second kappa shape index (κ2) is 4.83. The Kier molecular flexibility index (Phi) is 3.23. The van der Waals surface area contributed by atoms with E-state index >= 15 is 0 Å². The average molecular weight is 245 g/mol. The zero-order chi connectivity index (χ0) is 13.1. The van der Waals surface area contributed by atoms with Crippen LogP contribution in [0, 0.1) is 12.7 Å². The standard InChI is InChI=1S/C13H12FN3O/c1-8-2-3-9(14)6-12(8)17-13(18)11-5-4-10(15)7-16-11/h2-7H,15H2,1H3,(H,17,18). The Morgan fingerprint density at radius 1 is 1.33 bits per heavy atom. The highest BCUT2D eigenvalue weighted by molar-refractivity contribution is 6.03. The van der Waals surface area contributed by atoms with Crippen LogP contribution in [0.1, 0.15) is 16.1 Å². The summed E-state index contributed by atoms with van der Waals surface area (Å²) in [5.41, 5.74) is 7.40. The Morgan fingerprint density at radius 3 is 2.78 bits per heavy atom. The number of benzene rings is 1. The van der Waals surface area contributed by atoms with E-state index in [-0.39, 0.29) is 5.69 Å². The number of hydrogen-bond acceptors (Lipinski definition) is 3. The van der Waals surface area contributed by atoms with E-state index in [0.29, 0.717) is 11.4 Å². The van der Waals surface area contributed by atoms with Gasteiger partial charge in [-0.3, -0.25) is 4.79 Å². The number of nitrogens with one attached hydrogen (secondary N) is 1. The summed E-state index contributed by atoms with van der Waals surface area (Å²) < 4.78 is 13.1. The van der Waals surface area contributed by atoms with Gasteiger partial charge in [-0.2, -0.15) is 0 Å². The van der Waals surface area contributed by atoms with Gasteiger partial charge in [-0.1, -0.05) is 6.07 Å². The summed E-state index contributed by atoms with van der Waals surface area (Å²) in [5.74, 6) is -0.801. The predicted molar refractivity (Wildman–Crippen MR) is 67.7 cm³/mol. The second-order valence-electron chi connectivity index (χ2n) is 3.89. The summed E-state index contributed by atoms with van der Waals surface area (Å²) in [6.07, 6.45) is 1.40. The van der Waals surface area contributed by atoms with E-state index in [1.165, 1.54) is 24.4 Å². The van der Waals surface area contributed by atoms with Crippen molar-refractivity contribution < 1.29 is 9.18 Å². The number of carbonyl (C=O) groups excluding carboxylic acids is 1. The molecule has 0 atom stereocenters. The van der Waals surface area contributed by atoms with Crippen molar-refractivity contribution in [2.75, 3.05) is 11.1 Å². The Balaban J connectivity index is 2.21. The van der Waals surface area contributed by atoms with Crippen molar-refractivity contribution in [3.63, 3.8) is 0 Å². The minimum atomic E-state index is -0.402. The fourth-order valence-electron chi connectivity index (χ4n) is 1.45. The normalized spacial score (nSPS) is 10.1. The van der Waals surface area contributed by atoms with Crippen molar-refractivity contribution in [1.29, 1.82) is 0 Å². The summed E-state index contributed by atoms with van der Waals surface area (Å²) in [7, 11) is 0. The molecule has 0 saturated carbocycles. The van der Waals surface area contributed by atoms with Crippen molar-refractivity contribution >= 4 is 17.3 Å². The third-order valence-corrected chi connectivity index (χ3v) is 2.47. The van der Waals surface area contributed by atoms with Gasteiger partial charge >= 0.3 is 0 Å². The van der Waals surface area contributed by atoms with E-state index in [0.717, 1.165) is 5.56 Å². The fourth-order valence-corrected chi connectivity index (χ4v) is 1.45. The largest absolute Gasteiger partial charge is 0.397 e. The lowest BCUT2D eigenvalue weighted by Gasteiger charge is -2.08. The molecule has 0 unspecified atom stereocenters. The fraction of sp³-hybridized carbons (Fsp3) is 0.0769. The molecule has 0 aliphatic rings. The van der Waals surface area contributed by atoms with Gasteiger partial charge in [-0.15, -0.1) is 0 Å². The van der Waals surface area contributed by atoms with Crippen LogP contribution in [-0.4, -0.2) is 10.9 Å². The monoisotopic (exact) mass is 245 g/mol. The smallest absolute Gasteiger partial charge is 0.274 e. The number of amides is 1. The molecule has 1 heterocycles. The maximum absolute atomic E-state index is 13.1. The van der Waals surface area contributed by atoms with Gasteiger partial charge in [0.15, 0.2) is 0 Å². The van der Waals surface area contributed by atoms with Crippen LogP contribution in [0.5, 0.6) is 0 Å². The number of aryl methyl sites for hydroxylation is 1. The van der Waals surface area contributed by atoms with Crippen molar-refractivity contribution in [2.24, 2.45) is 0 Å². The highest BCUT2D eigenvalue weighted by Gasteiger charge is 2.09. The quantitative estimate of drug-likeness (QED) is 0.853. The number of hydrogen-bond donors (Lipinski definition) is 2. The van der Waals surface area contributed by atoms with Crippen LogP contribution in [0.15, 0.2) is 36.5 Å². The van der Waals surface area contributed by atoms with Crippen LogP contribution in [0.2, 0.25) is 0 Å². The molecule has 0 aliphatic carbocycles. The topological polar surface area (TPSA) is 68.0 Å². The van der Waals surface area contributed by atoms with Gasteiger partial charge in [0.1, 0.15) is 11.5 Å². The number of pyridine rings is 1. The molecule has 3 N–H and O–H groups in total. The maximum atomic E-state index is 13.1. The molecule has 0 aliphatic heterocycles. The van der Waals surface area contributed by atoms with Gasteiger partial charge in [-0.05, 0) is 36.8 Å². The van der Waals surface area contributed by atoms with E-state index in [1.54, 1.807) is 19.1 Å². The van der Waals surface area contributed by atoms with Crippen LogP contribution < -0.4 is 11.1 Å². The van der Waals surface area contributed by atoms with Crippen LogP contribution in [0.25, 0.3) is 0 Å². The highest BCUT2D eigenvalue weighted by atomic mass is 19.1. The summed E-state index contributed by atoms with van der Waals surface area (Å²) >= 11 is 0. The molecule has 0 fully saturated rings. The number of anilines is 2. The molecule has 2 rings (SSSR count). The number of carbonyl (C=O) groups is 1. The molecule has 0 bridgehead atoms. The first-order valence-corrected chi connectivity index (χ1v) is 5.35. The Hall–Kier alpha value is -2.43. The highest BCUT2D eigenvalue weighted by Crippen LogP contribution is 2.16. The van der Waals surface area contributed by atoms with Gasteiger partial charge in [0.05, 0.1) is 11.9 Å². The lowest BCUT2D eigenvalue weighted by atomic mass is 10.2. The molecule has 92 valence electrons. The number of nitrogen functional groups attached to an aromatic ring is 1. The molecule has 18 heavy (non-hydrogen) atoms. The number of nitrogens with two attached hydrogens (primary N) is 1. The molecule has 1 aromatic heterocycles. The molecule has 2 aromatic rings. The molecular weight excluding hydrogens is 233 g/mol. The first kappa shape index (κ1) is 12.0. The third-order valence-electron chi connectivity index (χ3n) is 2.47. The first-order chi connectivity index (χ1) is 8.56. The molecule has 5 heteroatoms. The summed E-state index contributed by atoms with van der Waals surface area (Å²) in [6.45, 7) is 1.78. The van der Waals surface area contributed by atoms with Gasteiger partial charge in [0.25, 0.3) is 5.91 Å². The molecule has 1 amide bonds. The second-order valence-corrected chi connectivity index (χ2v) is 3.89. The first-order valence-electron chi connectivity index (χ1n) is 5.35. The molecule has 0 spiro atoms. The zero-order valence-corrected chi connectivity index (χ0v) is 9.77. The molecular formula is C13H12FN3O. The number of aromatic nitrogens is 1. The number of rotatable bonds is 2. The van der Waals surface area contributed by atoms with E-state index in [2.05, 4.69) is 10.3 Å². The van der Waals surface area contributed by atoms with Crippen LogP contribution in [-0.2, 0) is 0 Å². The Morgan fingerprint density at radius 2 is 2.11 bits per heavy atom. The van der Waals surface area contributed by atoms with Gasteiger partial charge in [-0.25, -0.2) is 9.37 Å². The van der Waals surface area contributed by atoms with Crippen LogP contribution in [0.4, 0.5) is 15.8 Å². The summed E-state index contributed by atoms with van der Waals surface area (Å²) in [4.78, 5) is 15.7. The molecule has 0 radical (unpaired) electrons. The van der Waals surface area contributed by atoms with Crippen molar-refractivity contribution in [2.45, 2.75) is 6.92 Å². The third kappa shape index (κ3) is 2.63. The van der Waals surface area contributed by atoms with Crippen molar-refractivity contribution in [3.8, 4) is 0 Å². The SMILES string of the molecule is Cc1ccc(F)cc1NC(=O)c1ccc(N)cn1. The van der Waals surface area contributed by atoms with Crippen molar-refractivity contribution in [1.82, 2.24) is 4.98 Å². The van der Waals surface area contributed by atoms with Crippen LogP contribution >= 0.6 is 0 Å². The van der Waals surface area contributed by atoms with E-state index < -0.39 is 11.7 Å². The summed E-state index contributed by atoms with van der Waals surface area (Å²) in [6, 6.07) is 7.30. The van der Waals surface area contributed by atoms with E-state index in [4.69, 9.17) is 5.73 Å². The molecule has 0 saturated heterocycles. The van der Waals surface area contributed by atoms with E-state index in [9.17, 15) is 9.18 Å². The lowest BCUT2D eigenvalue weighted by Crippen LogP contribution is -2.14. The number of halogens is 1. The Labute approximate surface area is 104 Å². The molecule has 1 aromatic carbocycles. The average Bonchev–Trinajstić information content (AvgIpc) is 2.34. The maximum Gasteiger partial charge on any atom is 0.274 e.